The van der Waals surface area contributed by atoms with E-state index in [1.165, 1.54) is 12.1 Å². The predicted octanol–water partition coefficient (Wildman–Crippen LogP) is 3.54. The van der Waals surface area contributed by atoms with E-state index in [0.29, 0.717) is 34.9 Å². The van der Waals surface area contributed by atoms with Crippen molar-refractivity contribution < 1.29 is 19.1 Å². The molecule has 0 aliphatic carbocycles. The van der Waals surface area contributed by atoms with Gasteiger partial charge in [-0.2, -0.15) is 0 Å². The van der Waals surface area contributed by atoms with Gasteiger partial charge in [-0.3, -0.25) is 4.79 Å². The Morgan fingerprint density at radius 3 is 2.92 bits per heavy atom. The molecule has 2 aromatic heterocycles. The molecule has 0 atom stereocenters. The van der Waals surface area contributed by atoms with Crippen LogP contribution in [0.2, 0.25) is 0 Å². The standard InChI is InChI=1S/C18H16O5S/c1-11-15(19)6-5-14-12(9-17(21)23-18(11)14)10-22-16(20)7-4-13-3-2-8-24-13/h2-3,5-6,8-9,19H,4,7,10H2,1H3. The Bertz CT molecular complexity index is 924. The second-order valence-electron chi connectivity index (χ2n) is 5.42. The third kappa shape index (κ3) is 3.49. The van der Waals surface area contributed by atoms with Gasteiger partial charge in [0.05, 0.1) is 6.42 Å². The van der Waals surface area contributed by atoms with Gasteiger partial charge in [0, 0.05) is 27.5 Å². The van der Waals surface area contributed by atoms with Crippen LogP contribution in [-0.4, -0.2) is 11.1 Å². The van der Waals surface area contributed by atoms with Crippen LogP contribution in [0.3, 0.4) is 0 Å². The number of carbonyl (C=O) groups excluding carboxylic acids is 1. The molecule has 0 unspecified atom stereocenters. The van der Waals surface area contributed by atoms with Gasteiger partial charge < -0.3 is 14.3 Å². The second kappa shape index (κ2) is 6.88. The highest BCUT2D eigenvalue weighted by molar-refractivity contribution is 7.09. The van der Waals surface area contributed by atoms with Crippen LogP contribution in [0, 0.1) is 6.92 Å². The van der Waals surface area contributed by atoms with Crippen LogP contribution >= 0.6 is 11.3 Å². The maximum atomic E-state index is 11.9. The summed E-state index contributed by atoms with van der Waals surface area (Å²) in [4.78, 5) is 24.7. The van der Waals surface area contributed by atoms with E-state index in [9.17, 15) is 14.7 Å². The van der Waals surface area contributed by atoms with Crippen molar-refractivity contribution in [2.24, 2.45) is 0 Å². The minimum atomic E-state index is -0.541. The van der Waals surface area contributed by atoms with Gasteiger partial charge in [-0.15, -0.1) is 11.3 Å². The second-order valence-corrected chi connectivity index (χ2v) is 6.45. The SMILES string of the molecule is Cc1c(O)ccc2c(COC(=O)CCc3cccs3)cc(=O)oc12. The Morgan fingerprint density at radius 1 is 1.33 bits per heavy atom. The lowest BCUT2D eigenvalue weighted by molar-refractivity contribution is -0.144. The molecule has 3 aromatic rings. The quantitative estimate of drug-likeness (QED) is 0.566. The number of rotatable bonds is 5. The molecular formula is C18H16O5S. The Labute approximate surface area is 142 Å². The Kier molecular flexibility index (Phi) is 4.66. The van der Waals surface area contributed by atoms with Crippen molar-refractivity contribution in [3.05, 3.63) is 62.1 Å². The summed E-state index contributed by atoms with van der Waals surface area (Å²) in [5.74, 6) is -0.268. The first kappa shape index (κ1) is 16.3. The van der Waals surface area contributed by atoms with E-state index in [0.717, 1.165) is 4.88 Å². The van der Waals surface area contributed by atoms with E-state index in [1.54, 1.807) is 24.3 Å². The summed E-state index contributed by atoms with van der Waals surface area (Å²) in [5.41, 5.74) is 0.817. The predicted molar refractivity (Wildman–Crippen MR) is 91.3 cm³/mol. The maximum absolute atomic E-state index is 11.9. The first-order valence-corrected chi connectivity index (χ1v) is 8.36. The minimum absolute atomic E-state index is 0.00438. The van der Waals surface area contributed by atoms with Gasteiger partial charge in [-0.1, -0.05) is 6.07 Å². The normalized spacial score (nSPS) is 10.9. The monoisotopic (exact) mass is 344 g/mol. The summed E-state index contributed by atoms with van der Waals surface area (Å²) in [6, 6.07) is 8.40. The summed E-state index contributed by atoms with van der Waals surface area (Å²) < 4.78 is 10.4. The summed E-state index contributed by atoms with van der Waals surface area (Å²) in [6.07, 6.45) is 0.931. The largest absolute Gasteiger partial charge is 0.508 e. The van der Waals surface area contributed by atoms with Crippen LogP contribution in [0.4, 0.5) is 0 Å². The zero-order valence-electron chi connectivity index (χ0n) is 13.1. The molecular weight excluding hydrogens is 328 g/mol. The molecule has 124 valence electrons. The summed E-state index contributed by atoms with van der Waals surface area (Å²) in [6.45, 7) is 1.66. The molecule has 1 N–H and O–H groups in total. The number of phenolic OH excluding ortho intramolecular Hbond substituents is 1. The average molecular weight is 344 g/mol. The van der Waals surface area contributed by atoms with Gasteiger partial charge >= 0.3 is 11.6 Å². The molecule has 3 rings (SSSR count). The third-order valence-electron chi connectivity index (χ3n) is 3.76. The van der Waals surface area contributed by atoms with Crippen LogP contribution in [0.25, 0.3) is 11.0 Å². The van der Waals surface area contributed by atoms with Crippen molar-refractivity contribution in [1.82, 2.24) is 0 Å². The smallest absolute Gasteiger partial charge is 0.336 e. The van der Waals surface area contributed by atoms with Crippen molar-refractivity contribution in [2.45, 2.75) is 26.4 Å². The lowest BCUT2D eigenvalue weighted by atomic mass is 10.1. The Morgan fingerprint density at radius 2 is 2.17 bits per heavy atom. The maximum Gasteiger partial charge on any atom is 0.336 e. The first-order valence-electron chi connectivity index (χ1n) is 7.48. The van der Waals surface area contributed by atoms with Crippen LogP contribution in [0.1, 0.15) is 22.4 Å². The number of phenols is 1. The highest BCUT2D eigenvalue weighted by Gasteiger charge is 2.12. The molecule has 0 aliphatic rings. The fraction of sp³-hybridized carbons (Fsp3) is 0.222. The van der Waals surface area contributed by atoms with Crippen molar-refractivity contribution in [2.75, 3.05) is 0 Å². The number of thiophene rings is 1. The summed E-state index contributed by atoms with van der Waals surface area (Å²) in [7, 11) is 0. The minimum Gasteiger partial charge on any atom is -0.508 e. The number of esters is 1. The van der Waals surface area contributed by atoms with Gasteiger partial charge in [-0.05, 0) is 36.9 Å². The highest BCUT2D eigenvalue weighted by Crippen LogP contribution is 2.27. The lowest BCUT2D eigenvalue weighted by Crippen LogP contribution is -2.08. The molecule has 1 aromatic carbocycles. The third-order valence-corrected chi connectivity index (χ3v) is 4.70. The van der Waals surface area contributed by atoms with Gasteiger partial charge in [-0.25, -0.2) is 4.79 Å². The summed E-state index contributed by atoms with van der Waals surface area (Å²) in [5, 5.41) is 12.3. The molecule has 0 radical (unpaired) electrons. The van der Waals surface area contributed by atoms with Crippen LogP contribution in [-0.2, 0) is 22.6 Å². The Hall–Kier alpha value is -2.60. The zero-order chi connectivity index (χ0) is 17.1. The van der Waals surface area contributed by atoms with Crippen molar-refractivity contribution >= 4 is 28.3 Å². The first-order chi connectivity index (χ1) is 11.5. The van der Waals surface area contributed by atoms with Gasteiger partial charge in [0.1, 0.15) is 17.9 Å². The number of aryl methyl sites for hydroxylation is 2. The molecule has 0 aliphatic heterocycles. The number of benzene rings is 1. The van der Waals surface area contributed by atoms with E-state index in [4.69, 9.17) is 9.15 Å². The fourth-order valence-electron chi connectivity index (χ4n) is 2.45. The van der Waals surface area contributed by atoms with E-state index in [1.807, 2.05) is 17.5 Å². The van der Waals surface area contributed by atoms with E-state index in [2.05, 4.69) is 0 Å². The molecule has 5 nitrogen and oxygen atoms in total. The molecule has 2 heterocycles. The number of carbonyl (C=O) groups is 1. The van der Waals surface area contributed by atoms with Gasteiger partial charge in [0.25, 0.3) is 0 Å². The molecule has 6 heteroatoms. The highest BCUT2D eigenvalue weighted by atomic mass is 32.1. The Balaban J connectivity index is 1.74. The lowest BCUT2D eigenvalue weighted by Gasteiger charge is -2.09. The zero-order valence-corrected chi connectivity index (χ0v) is 13.9. The van der Waals surface area contributed by atoms with Crippen molar-refractivity contribution in [3.8, 4) is 5.75 Å². The van der Waals surface area contributed by atoms with E-state index >= 15 is 0 Å². The van der Waals surface area contributed by atoms with E-state index in [-0.39, 0.29) is 18.3 Å². The molecule has 0 amide bonds. The van der Waals surface area contributed by atoms with Crippen molar-refractivity contribution in [1.29, 1.82) is 0 Å². The number of aromatic hydroxyl groups is 1. The van der Waals surface area contributed by atoms with Crippen LogP contribution in [0.5, 0.6) is 5.75 Å². The van der Waals surface area contributed by atoms with Crippen LogP contribution in [0.15, 0.2) is 44.9 Å². The van der Waals surface area contributed by atoms with Crippen molar-refractivity contribution in [3.63, 3.8) is 0 Å². The fourth-order valence-corrected chi connectivity index (χ4v) is 3.15. The summed E-state index contributed by atoms with van der Waals surface area (Å²) >= 11 is 1.60. The topological polar surface area (TPSA) is 76.7 Å². The van der Waals surface area contributed by atoms with Crippen LogP contribution < -0.4 is 5.63 Å². The number of ether oxygens (including phenoxy) is 1. The number of fused-ring (bicyclic) bond motifs is 1. The van der Waals surface area contributed by atoms with Gasteiger partial charge in [0.2, 0.25) is 0 Å². The molecule has 0 fully saturated rings. The van der Waals surface area contributed by atoms with E-state index < -0.39 is 5.63 Å². The molecule has 0 saturated heterocycles. The average Bonchev–Trinajstić information content (AvgIpc) is 3.08. The molecule has 0 bridgehead atoms. The number of hydrogen-bond acceptors (Lipinski definition) is 6. The molecule has 0 saturated carbocycles. The molecule has 0 spiro atoms. The van der Waals surface area contributed by atoms with Gasteiger partial charge in [0.15, 0.2) is 0 Å². The number of hydrogen-bond donors (Lipinski definition) is 1. The molecule has 24 heavy (non-hydrogen) atoms.